The van der Waals surface area contributed by atoms with Crippen LogP contribution in [0, 0.1) is 0 Å². The number of rotatable bonds is 4. The molecule has 1 nitrogen and oxygen atoms in total. The van der Waals surface area contributed by atoms with Crippen molar-refractivity contribution in [3.05, 3.63) is 55.1 Å². The van der Waals surface area contributed by atoms with E-state index in [1.165, 1.54) is 10.4 Å². The molecular weight excluding hydrogens is 330 g/mol. The Morgan fingerprint density at radius 1 is 1.33 bits per heavy atom. The van der Waals surface area contributed by atoms with Crippen LogP contribution in [-0.2, 0) is 12.8 Å². The van der Waals surface area contributed by atoms with Crippen LogP contribution in [0.15, 0.2) is 34.1 Å². The number of hydrogen-bond donors (Lipinski definition) is 1. The first kappa shape index (κ1) is 14.1. The maximum atomic E-state index is 6.29. The molecule has 0 bridgehead atoms. The van der Waals surface area contributed by atoms with Crippen molar-refractivity contribution in [2.45, 2.75) is 25.8 Å². The molecule has 0 spiro atoms. The third-order valence-electron chi connectivity index (χ3n) is 2.95. The lowest BCUT2D eigenvalue weighted by molar-refractivity contribution is 0.728. The maximum absolute atomic E-state index is 6.29. The van der Waals surface area contributed by atoms with E-state index in [1.807, 2.05) is 18.2 Å². The van der Waals surface area contributed by atoms with Gasteiger partial charge in [-0.05, 0) is 47.5 Å². The van der Waals surface area contributed by atoms with Crippen molar-refractivity contribution in [2.75, 3.05) is 0 Å². The van der Waals surface area contributed by atoms with Gasteiger partial charge in [0.05, 0.1) is 0 Å². The average Bonchev–Trinajstić information content (AvgIpc) is 2.81. The fourth-order valence-electron chi connectivity index (χ4n) is 1.98. The SMILES string of the molecule is CCc1ccsc1C(N)Cc1ccc(Br)cc1Cl. The highest BCUT2D eigenvalue weighted by Crippen LogP contribution is 2.29. The van der Waals surface area contributed by atoms with Gasteiger partial charge in [-0.2, -0.15) is 0 Å². The molecule has 0 saturated carbocycles. The van der Waals surface area contributed by atoms with Crippen LogP contribution in [0.1, 0.15) is 29.0 Å². The molecule has 0 saturated heterocycles. The first-order valence-electron chi connectivity index (χ1n) is 5.87. The Kier molecular flexibility index (Phi) is 4.84. The summed E-state index contributed by atoms with van der Waals surface area (Å²) in [7, 11) is 0. The minimum absolute atomic E-state index is 0.0265. The molecule has 0 radical (unpaired) electrons. The van der Waals surface area contributed by atoms with Crippen molar-refractivity contribution in [3.8, 4) is 0 Å². The number of aryl methyl sites for hydroxylation is 1. The van der Waals surface area contributed by atoms with Gasteiger partial charge < -0.3 is 5.73 Å². The van der Waals surface area contributed by atoms with Crippen molar-refractivity contribution >= 4 is 38.9 Å². The third kappa shape index (κ3) is 3.15. The highest BCUT2D eigenvalue weighted by Gasteiger charge is 2.14. The zero-order valence-corrected chi connectivity index (χ0v) is 13.3. The van der Waals surface area contributed by atoms with Crippen molar-refractivity contribution in [3.63, 3.8) is 0 Å². The molecule has 2 rings (SSSR count). The van der Waals surface area contributed by atoms with Crippen molar-refractivity contribution < 1.29 is 0 Å². The third-order valence-corrected chi connectivity index (χ3v) is 4.89. The monoisotopic (exact) mass is 343 g/mol. The van der Waals surface area contributed by atoms with Crippen LogP contribution in [0.5, 0.6) is 0 Å². The van der Waals surface area contributed by atoms with Crippen LogP contribution in [-0.4, -0.2) is 0 Å². The number of halogens is 2. The highest BCUT2D eigenvalue weighted by molar-refractivity contribution is 9.10. The fraction of sp³-hybridized carbons (Fsp3) is 0.286. The van der Waals surface area contributed by atoms with Gasteiger partial charge in [0.2, 0.25) is 0 Å². The molecule has 1 aromatic heterocycles. The Labute approximate surface area is 125 Å². The second-order valence-corrected chi connectivity index (χ2v) is 6.48. The summed E-state index contributed by atoms with van der Waals surface area (Å²) in [6.45, 7) is 2.16. The molecule has 1 unspecified atom stereocenters. The molecule has 0 amide bonds. The molecule has 1 atom stereocenters. The summed E-state index contributed by atoms with van der Waals surface area (Å²) in [5, 5.41) is 2.88. The van der Waals surface area contributed by atoms with E-state index in [0.29, 0.717) is 0 Å². The lowest BCUT2D eigenvalue weighted by Crippen LogP contribution is -2.13. The molecule has 2 N–H and O–H groups in total. The minimum Gasteiger partial charge on any atom is -0.323 e. The summed E-state index contributed by atoms with van der Waals surface area (Å²) >= 11 is 11.4. The molecule has 1 aromatic carbocycles. The molecule has 0 aliphatic rings. The Balaban J connectivity index is 2.18. The number of hydrogen-bond acceptors (Lipinski definition) is 2. The molecule has 4 heteroatoms. The molecule has 0 aliphatic heterocycles. The first-order valence-corrected chi connectivity index (χ1v) is 7.92. The van der Waals surface area contributed by atoms with Gasteiger partial charge in [0.15, 0.2) is 0 Å². The van der Waals surface area contributed by atoms with Crippen LogP contribution in [0.25, 0.3) is 0 Å². The predicted octanol–water partition coefficient (Wildman–Crippen LogP) is 4.97. The van der Waals surface area contributed by atoms with Gasteiger partial charge in [-0.3, -0.25) is 0 Å². The molecule has 2 aromatic rings. The van der Waals surface area contributed by atoms with Gasteiger partial charge in [-0.25, -0.2) is 0 Å². The number of nitrogens with two attached hydrogens (primary N) is 1. The van der Waals surface area contributed by atoms with Crippen LogP contribution < -0.4 is 5.73 Å². The zero-order valence-electron chi connectivity index (χ0n) is 10.1. The van der Waals surface area contributed by atoms with E-state index in [4.69, 9.17) is 17.3 Å². The summed E-state index contributed by atoms with van der Waals surface area (Å²) in [5.74, 6) is 0. The Morgan fingerprint density at radius 3 is 2.78 bits per heavy atom. The van der Waals surface area contributed by atoms with E-state index in [-0.39, 0.29) is 6.04 Å². The second-order valence-electron chi connectivity index (χ2n) is 4.21. The first-order chi connectivity index (χ1) is 8.61. The van der Waals surface area contributed by atoms with Crippen LogP contribution >= 0.6 is 38.9 Å². The minimum atomic E-state index is 0.0265. The van der Waals surface area contributed by atoms with E-state index in [9.17, 15) is 0 Å². The molecule has 0 aliphatic carbocycles. The topological polar surface area (TPSA) is 26.0 Å². The lowest BCUT2D eigenvalue weighted by atomic mass is 10.0. The van der Waals surface area contributed by atoms with Crippen LogP contribution in [0.3, 0.4) is 0 Å². The summed E-state index contributed by atoms with van der Waals surface area (Å²) in [4.78, 5) is 1.27. The zero-order chi connectivity index (χ0) is 13.1. The Hall–Kier alpha value is -0.350. The maximum Gasteiger partial charge on any atom is 0.0449 e. The van der Waals surface area contributed by atoms with Gasteiger partial charge in [0.25, 0.3) is 0 Å². The highest BCUT2D eigenvalue weighted by atomic mass is 79.9. The van der Waals surface area contributed by atoms with Gasteiger partial charge in [-0.1, -0.05) is 40.5 Å². The van der Waals surface area contributed by atoms with Crippen molar-refractivity contribution in [1.82, 2.24) is 0 Å². The number of benzene rings is 1. The van der Waals surface area contributed by atoms with Gasteiger partial charge in [0.1, 0.15) is 0 Å². The predicted molar refractivity (Wildman–Crippen MR) is 83.5 cm³/mol. The second kappa shape index (κ2) is 6.20. The molecular formula is C14H15BrClNS. The summed E-state index contributed by atoms with van der Waals surface area (Å²) in [6, 6.07) is 8.13. The standard InChI is InChI=1S/C14H15BrClNS/c1-2-9-5-6-18-14(9)13(17)7-10-3-4-11(15)8-12(10)16/h3-6,8,13H,2,7,17H2,1H3. The van der Waals surface area contributed by atoms with Gasteiger partial charge in [0, 0.05) is 20.4 Å². The van der Waals surface area contributed by atoms with E-state index >= 15 is 0 Å². The smallest absolute Gasteiger partial charge is 0.0449 e. The lowest BCUT2D eigenvalue weighted by Gasteiger charge is -2.13. The number of thiophene rings is 1. The van der Waals surface area contributed by atoms with E-state index in [1.54, 1.807) is 11.3 Å². The Bertz CT molecular complexity index is 538. The summed E-state index contributed by atoms with van der Waals surface area (Å²) in [5.41, 5.74) is 8.74. The molecule has 96 valence electrons. The van der Waals surface area contributed by atoms with Gasteiger partial charge in [-0.15, -0.1) is 11.3 Å². The fourth-order valence-corrected chi connectivity index (χ4v) is 3.73. The van der Waals surface area contributed by atoms with Gasteiger partial charge >= 0.3 is 0 Å². The van der Waals surface area contributed by atoms with E-state index in [0.717, 1.165) is 27.9 Å². The molecule has 0 fully saturated rings. The average molecular weight is 345 g/mol. The molecule has 18 heavy (non-hydrogen) atoms. The summed E-state index contributed by atoms with van der Waals surface area (Å²) < 4.78 is 0.996. The van der Waals surface area contributed by atoms with Crippen molar-refractivity contribution in [2.24, 2.45) is 5.73 Å². The quantitative estimate of drug-likeness (QED) is 0.832. The normalized spacial score (nSPS) is 12.7. The van der Waals surface area contributed by atoms with Crippen LogP contribution in [0.4, 0.5) is 0 Å². The largest absolute Gasteiger partial charge is 0.323 e. The summed E-state index contributed by atoms with van der Waals surface area (Å²) in [6.07, 6.45) is 1.81. The van der Waals surface area contributed by atoms with Crippen LogP contribution in [0.2, 0.25) is 5.02 Å². The Morgan fingerprint density at radius 2 is 2.11 bits per heavy atom. The van der Waals surface area contributed by atoms with E-state index in [2.05, 4.69) is 34.3 Å². The molecule has 1 heterocycles. The van der Waals surface area contributed by atoms with Crippen molar-refractivity contribution in [1.29, 1.82) is 0 Å². The van der Waals surface area contributed by atoms with E-state index < -0.39 is 0 Å².